The number of amides is 2. The number of nitrogens with zero attached hydrogens (tertiary/aromatic N) is 4. The SMILES string of the molecule is CCCNC(=O)c1nn(C)c(NC(=O)c2ccccc2O)c1Br.c1cc(N2CCCCC2)ccn1. The molecule has 1 saturated heterocycles. The maximum Gasteiger partial charge on any atom is 0.273 e. The molecule has 0 atom stereocenters. The minimum atomic E-state index is -0.493. The third-order valence-corrected chi connectivity index (χ3v) is 6.26. The molecule has 1 aliphatic rings. The van der Waals surface area contributed by atoms with Crippen LogP contribution in [0.15, 0.2) is 53.3 Å². The Morgan fingerprint density at radius 2 is 1.74 bits per heavy atom. The van der Waals surface area contributed by atoms with Gasteiger partial charge in [-0.3, -0.25) is 19.3 Å². The first-order chi connectivity index (χ1) is 16.9. The lowest BCUT2D eigenvalue weighted by Crippen LogP contribution is -2.29. The summed E-state index contributed by atoms with van der Waals surface area (Å²) < 4.78 is 1.78. The van der Waals surface area contributed by atoms with E-state index in [0.29, 0.717) is 16.8 Å². The van der Waals surface area contributed by atoms with E-state index in [-0.39, 0.29) is 22.9 Å². The largest absolute Gasteiger partial charge is 0.507 e. The third-order valence-electron chi connectivity index (χ3n) is 5.50. The number of anilines is 2. The molecule has 0 spiro atoms. The monoisotopic (exact) mass is 542 g/mol. The summed E-state index contributed by atoms with van der Waals surface area (Å²) >= 11 is 3.29. The molecular weight excluding hydrogens is 512 g/mol. The van der Waals surface area contributed by atoms with Gasteiger partial charge in [0.2, 0.25) is 0 Å². The van der Waals surface area contributed by atoms with Gasteiger partial charge in [-0.05, 0) is 65.9 Å². The van der Waals surface area contributed by atoms with Crippen molar-refractivity contribution in [3.8, 4) is 5.75 Å². The van der Waals surface area contributed by atoms with Crippen LogP contribution in [-0.2, 0) is 7.05 Å². The lowest BCUT2D eigenvalue weighted by Gasteiger charge is -2.28. The molecule has 35 heavy (non-hydrogen) atoms. The minimum absolute atomic E-state index is 0.121. The van der Waals surface area contributed by atoms with Crippen molar-refractivity contribution in [2.24, 2.45) is 7.05 Å². The number of aromatic hydroxyl groups is 1. The first-order valence-corrected chi connectivity index (χ1v) is 12.5. The second-order valence-electron chi connectivity index (χ2n) is 8.12. The number of halogens is 1. The van der Waals surface area contributed by atoms with Crippen LogP contribution in [0.25, 0.3) is 0 Å². The molecule has 1 aromatic carbocycles. The molecular formula is C25H31BrN6O3. The molecule has 2 aromatic heterocycles. The number of phenols is 1. The van der Waals surface area contributed by atoms with E-state index in [1.54, 1.807) is 19.2 Å². The predicted octanol–water partition coefficient (Wildman–Crippen LogP) is 4.35. The Kier molecular flexibility index (Phi) is 9.66. The zero-order valence-corrected chi connectivity index (χ0v) is 21.6. The summed E-state index contributed by atoms with van der Waals surface area (Å²) in [7, 11) is 1.61. The van der Waals surface area contributed by atoms with Crippen LogP contribution in [-0.4, -0.2) is 51.3 Å². The van der Waals surface area contributed by atoms with Gasteiger partial charge in [0.25, 0.3) is 11.8 Å². The summed E-state index contributed by atoms with van der Waals surface area (Å²) in [6.45, 7) is 4.92. The van der Waals surface area contributed by atoms with E-state index in [2.05, 4.69) is 53.7 Å². The van der Waals surface area contributed by atoms with Gasteiger partial charge in [-0.25, -0.2) is 0 Å². The highest BCUT2D eigenvalue weighted by molar-refractivity contribution is 9.10. The molecule has 3 aromatic rings. The van der Waals surface area contributed by atoms with Gasteiger partial charge < -0.3 is 20.6 Å². The van der Waals surface area contributed by atoms with Gasteiger partial charge in [0.1, 0.15) is 11.6 Å². The number of aryl methyl sites for hydroxylation is 1. The molecule has 0 bridgehead atoms. The molecule has 0 saturated carbocycles. The number of para-hydroxylation sites is 1. The molecule has 0 radical (unpaired) electrons. The molecule has 1 fully saturated rings. The van der Waals surface area contributed by atoms with Gasteiger partial charge >= 0.3 is 0 Å². The Hall–Kier alpha value is -3.40. The number of pyridine rings is 1. The summed E-state index contributed by atoms with van der Waals surface area (Å²) in [4.78, 5) is 30.7. The molecule has 2 amide bonds. The normalized spacial score (nSPS) is 12.9. The number of carbonyl (C=O) groups excluding carboxylic acids is 2. The number of aromatic nitrogens is 3. The van der Waals surface area contributed by atoms with E-state index in [9.17, 15) is 14.7 Å². The van der Waals surface area contributed by atoms with Gasteiger partial charge in [-0.1, -0.05) is 19.1 Å². The lowest BCUT2D eigenvalue weighted by molar-refractivity contribution is 0.0946. The van der Waals surface area contributed by atoms with Crippen molar-refractivity contribution < 1.29 is 14.7 Å². The Bertz CT molecular complexity index is 1130. The van der Waals surface area contributed by atoms with E-state index in [4.69, 9.17) is 0 Å². The molecule has 0 aliphatic carbocycles. The van der Waals surface area contributed by atoms with Gasteiger partial charge in [-0.2, -0.15) is 5.10 Å². The van der Waals surface area contributed by atoms with E-state index < -0.39 is 5.91 Å². The Balaban J connectivity index is 0.000000237. The number of hydrogen-bond donors (Lipinski definition) is 3. The maximum absolute atomic E-state index is 12.3. The number of carbonyl (C=O) groups is 2. The van der Waals surface area contributed by atoms with Crippen LogP contribution in [0, 0.1) is 0 Å². The fourth-order valence-electron chi connectivity index (χ4n) is 3.65. The average Bonchev–Trinajstić information content (AvgIpc) is 3.17. The van der Waals surface area contributed by atoms with E-state index >= 15 is 0 Å². The summed E-state index contributed by atoms with van der Waals surface area (Å²) in [5.74, 6) is -0.603. The number of benzene rings is 1. The lowest BCUT2D eigenvalue weighted by atomic mass is 10.1. The van der Waals surface area contributed by atoms with Crippen LogP contribution in [0.5, 0.6) is 5.75 Å². The zero-order valence-electron chi connectivity index (χ0n) is 20.0. The van der Waals surface area contributed by atoms with Crippen LogP contribution in [0.3, 0.4) is 0 Å². The van der Waals surface area contributed by atoms with E-state index in [1.807, 2.05) is 19.3 Å². The smallest absolute Gasteiger partial charge is 0.273 e. The van der Waals surface area contributed by atoms with Crippen LogP contribution in [0.4, 0.5) is 11.5 Å². The van der Waals surface area contributed by atoms with Crippen molar-refractivity contribution in [1.82, 2.24) is 20.1 Å². The molecule has 4 rings (SSSR count). The number of piperidine rings is 1. The molecule has 3 N–H and O–H groups in total. The highest BCUT2D eigenvalue weighted by Gasteiger charge is 2.22. The number of phenolic OH excluding ortho intramolecular Hbond substituents is 1. The molecule has 186 valence electrons. The predicted molar refractivity (Wildman–Crippen MR) is 140 cm³/mol. The Morgan fingerprint density at radius 3 is 2.40 bits per heavy atom. The Labute approximate surface area is 213 Å². The standard InChI is InChI=1S/C15H17BrN4O3.C10H14N2/c1-3-8-17-15(23)12-11(16)13(20(2)19-12)18-14(22)9-6-4-5-7-10(9)21;1-2-8-12(9-3-1)10-4-6-11-7-5-10/h4-7,21H,3,8H2,1-2H3,(H,17,23)(H,18,22);4-7H,1-3,8-9H2. The van der Waals surface area contributed by atoms with Crippen LogP contribution in [0.1, 0.15) is 53.5 Å². The summed E-state index contributed by atoms with van der Waals surface area (Å²) in [5.41, 5.74) is 1.65. The molecule has 1 aliphatic heterocycles. The zero-order chi connectivity index (χ0) is 25.2. The summed E-state index contributed by atoms with van der Waals surface area (Å²) in [5, 5.41) is 19.2. The van der Waals surface area contributed by atoms with Crippen LogP contribution >= 0.6 is 15.9 Å². The first kappa shape index (κ1) is 26.2. The molecule has 0 unspecified atom stereocenters. The van der Waals surface area contributed by atoms with Crippen LogP contribution < -0.4 is 15.5 Å². The van der Waals surface area contributed by atoms with Crippen molar-refractivity contribution in [2.45, 2.75) is 32.6 Å². The average molecular weight is 543 g/mol. The second kappa shape index (κ2) is 12.9. The number of rotatable bonds is 6. The number of hydrogen-bond acceptors (Lipinski definition) is 6. The van der Waals surface area contributed by atoms with E-state index in [1.165, 1.54) is 54.9 Å². The number of nitrogens with one attached hydrogen (secondary N) is 2. The van der Waals surface area contributed by atoms with Crippen LogP contribution in [0.2, 0.25) is 0 Å². The quantitative estimate of drug-likeness (QED) is 0.426. The molecule has 3 heterocycles. The fraction of sp³-hybridized carbons (Fsp3) is 0.360. The van der Waals surface area contributed by atoms with Crippen molar-refractivity contribution in [1.29, 1.82) is 0 Å². The third kappa shape index (κ3) is 7.05. The molecule has 10 heteroatoms. The van der Waals surface area contributed by atoms with Crippen molar-refractivity contribution in [2.75, 3.05) is 29.9 Å². The maximum atomic E-state index is 12.3. The van der Waals surface area contributed by atoms with Crippen molar-refractivity contribution >= 4 is 39.2 Å². The first-order valence-electron chi connectivity index (χ1n) is 11.7. The van der Waals surface area contributed by atoms with Gasteiger partial charge in [0.05, 0.1) is 10.0 Å². The topological polar surface area (TPSA) is 112 Å². The fourth-order valence-corrected chi connectivity index (χ4v) is 4.26. The molecule has 9 nitrogen and oxygen atoms in total. The highest BCUT2D eigenvalue weighted by atomic mass is 79.9. The van der Waals surface area contributed by atoms with Crippen molar-refractivity contribution in [3.63, 3.8) is 0 Å². The van der Waals surface area contributed by atoms with E-state index in [0.717, 1.165) is 6.42 Å². The van der Waals surface area contributed by atoms with Gasteiger partial charge in [0.15, 0.2) is 5.69 Å². The summed E-state index contributed by atoms with van der Waals surface area (Å²) in [6, 6.07) is 10.4. The van der Waals surface area contributed by atoms with Gasteiger partial charge in [0, 0.05) is 44.8 Å². The summed E-state index contributed by atoms with van der Waals surface area (Å²) in [6.07, 6.45) is 8.60. The van der Waals surface area contributed by atoms with Gasteiger partial charge in [-0.15, -0.1) is 0 Å². The van der Waals surface area contributed by atoms with Crippen molar-refractivity contribution in [3.05, 3.63) is 64.5 Å². The second-order valence-corrected chi connectivity index (χ2v) is 8.91. The minimum Gasteiger partial charge on any atom is -0.507 e. The Morgan fingerprint density at radius 1 is 1.06 bits per heavy atom. The highest BCUT2D eigenvalue weighted by Crippen LogP contribution is 2.27.